The van der Waals surface area contributed by atoms with Gasteiger partial charge in [0.05, 0.1) is 5.60 Å². The molecule has 2 aliphatic rings. The van der Waals surface area contributed by atoms with E-state index in [9.17, 15) is 5.11 Å². The number of aliphatic hydroxyl groups is 1. The van der Waals surface area contributed by atoms with E-state index >= 15 is 0 Å². The van der Waals surface area contributed by atoms with Gasteiger partial charge in [-0.25, -0.2) is 0 Å². The van der Waals surface area contributed by atoms with Gasteiger partial charge in [0.25, 0.3) is 0 Å². The molecule has 1 nitrogen and oxygen atoms in total. The van der Waals surface area contributed by atoms with Gasteiger partial charge in [-0.3, -0.25) is 0 Å². The third-order valence-corrected chi connectivity index (χ3v) is 3.80. The van der Waals surface area contributed by atoms with Crippen LogP contribution >= 0.6 is 0 Å². The zero-order valence-corrected chi connectivity index (χ0v) is 6.97. The molecule has 0 radical (unpaired) electrons. The Morgan fingerprint density at radius 2 is 1.73 bits per heavy atom. The first-order valence-corrected chi connectivity index (χ1v) is 4.58. The molecule has 0 aromatic heterocycles. The molecule has 0 aliphatic heterocycles. The number of hydrogen-bond donors (Lipinski definition) is 1. The van der Waals surface area contributed by atoms with E-state index in [2.05, 4.69) is 6.58 Å². The second-order valence-electron chi connectivity index (χ2n) is 4.12. The van der Waals surface area contributed by atoms with Crippen molar-refractivity contribution in [3.63, 3.8) is 0 Å². The van der Waals surface area contributed by atoms with Crippen molar-refractivity contribution < 1.29 is 5.11 Å². The fourth-order valence-corrected chi connectivity index (χ4v) is 2.79. The minimum absolute atomic E-state index is 0.259. The summed E-state index contributed by atoms with van der Waals surface area (Å²) in [5, 5.41) is 10.1. The van der Waals surface area contributed by atoms with Crippen LogP contribution in [0.25, 0.3) is 0 Å². The summed E-state index contributed by atoms with van der Waals surface area (Å²) in [7, 11) is 0. The monoisotopic (exact) mass is 152 g/mol. The first-order chi connectivity index (χ1) is 5.22. The molecule has 2 aliphatic carbocycles. The third-order valence-electron chi connectivity index (χ3n) is 3.80. The van der Waals surface area contributed by atoms with Gasteiger partial charge in [0.15, 0.2) is 0 Å². The molecule has 62 valence electrons. The maximum absolute atomic E-state index is 10.1. The quantitative estimate of drug-likeness (QED) is 0.571. The van der Waals surface area contributed by atoms with E-state index in [0.717, 1.165) is 6.42 Å². The van der Waals surface area contributed by atoms with Crippen LogP contribution < -0.4 is 0 Å². The van der Waals surface area contributed by atoms with Crippen molar-refractivity contribution >= 4 is 0 Å². The topological polar surface area (TPSA) is 20.2 Å². The highest BCUT2D eigenvalue weighted by Crippen LogP contribution is 2.59. The summed E-state index contributed by atoms with van der Waals surface area (Å²) in [5.74, 6) is 0. The lowest BCUT2D eigenvalue weighted by atomic mass is 9.55. The maximum atomic E-state index is 10.1. The predicted octanol–water partition coefficient (Wildman–Crippen LogP) is 2.26. The van der Waals surface area contributed by atoms with Crippen molar-refractivity contribution in [1.82, 2.24) is 0 Å². The van der Waals surface area contributed by atoms with E-state index in [4.69, 9.17) is 0 Å². The molecule has 1 atom stereocenters. The molecule has 1 N–H and O–H groups in total. The van der Waals surface area contributed by atoms with Crippen LogP contribution in [0.5, 0.6) is 0 Å². The molecule has 1 heteroatoms. The van der Waals surface area contributed by atoms with Gasteiger partial charge in [0.1, 0.15) is 0 Å². The second-order valence-corrected chi connectivity index (χ2v) is 4.12. The Hall–Kier alpha value is -0.300. The van der Waals surface area contributed by atoms with Crippen molar-refractivity contribution in [1.29, 1.82) is 0 Å². The Bertz CT molecular complexity index is 179. The lowest BCUT2D eigenvalue weighted by Crippen LogP contribution is -2.54. The molecule has 11 heavy (non-hydrogen) atoms. The smallest absolute Gasteiger partial charge is 0.0881 e. The summed E-state index contributed by atoms with van der Waals surface area (Å²) in [4.78, 5) is 0. The minimum atomic E-state index is -0.497. The Labute approximate surface area is 68.1 Å². The largest absolute Gasteiger partial charge is 0.385 e. The highest BCUT2D eigenvalue weighted by molar-refractivity contribution is 5.17. The van der Waals surface area contributed by atoms with Gasteiger partial charge in [-0.15, -0.1) is 6.58 Å². The van der Waals surface area contributed by atoms with E-state index in [1.165, 1.54) is 32.1 Å². The predicted molar refractivity (Wildman–Crippen MR) is 45.3 cm³/mol. The van der Waals surface area contributed by atoms with E-state index in [0.29, 0.717) is 0 Å². The molecule has 1 unspecified atom stereocenters. The normalized spacial score (nSPS) is 40.5. The van der Waals surface area contributed by atoms with Gasteiger partial charge in [-0.05, 0) is 25.7 Å². The van der Waals surface area contributed by atoms with Crippen molar-refractivity contribution in [3.05, 3.63) is 12.7 Å². The molecular formula is C10H16O. The van der Waals surface area contributed by atoms with Crippen LogP contribution in [0.2, 0.25) is 0 Å². The van der Waals surface area contributed by atoms with Crippen LogP contribution in [0.1, 0.15) is 38.5 Å². The van der Waals surface area contributed by atoms with Crippen molar-refractivity contribution in [2.75, 3.05) is 0 Å². The number of hydrogen-bond acceptors (Lipinski definition) is 1. The van der Waals surface area contributed by atoms with Gasteiger partial charge >= 0.3 is 0 Å². The molecule has 0 bridgehead atoms. The Kier molecular flexibility index (Phi) is 1.40. The fraction of sp³-hybridized carbons (Fsp3) is 0.800. The molecule has 0 heterocycles. The van der Waals surface area contributed by atoms with Crippen LogP contribution in [0.15, 0.2) is 12.7 Å². The van der Waals surface area contributed by atoms with Gasteiger partial charge in [0.2, 0.25) is 0 Å². The second kappa shape index (κ2) is 2.10. The molecule has 0 amide bonds. The summed E-state index contributed by atoms with van der Waals surface area (Å²) < 4.78 is 0. The first kappa shape index (κ1) is 7.35. The van der Waals surface area contributed by atoms with Gasteiger partial charge in [-0.2, -0.15) is 0 Å². The summed E-state index contributed by atoms with van der Waals surface area (Å²) in [6.45, 7) is 3.72. The summed E-state index contributed by atoms with van der Waals surface area (Å²) >= 11 is 0. The average Bonchev–Trinajstić information content (AvgIpc) is 2.51. The molecule has 2 rings (SSSR count). The van der Waals surface area contributed by atoms with Gasteiger partial charge in [0, 0.05) is 5.41 Å². The zero-order chi connectivity index (χ0) is 7.95. The standard InChI is InChI=1S/C10H16O/c1-2-10(11)8-7-9(10)5-3-4-6-9/h2,11H,1,3-8H2. The zero-order valence-electron chi connectivity index (χ0n) is 6.97. The van der Waals surface area contributed by atoms with Gasteiger partial charge in [-0.1, -0.05) is 18.9 Å². The Balaban J connectivity index is 2.20. The summed E-state index contributed by atoms with van der Waals surface area (Å²) in [6.07, 6.45) is 8.96. The maximum Gasteiger partial charge on any atom is 0.0881 e. The average molecular weight is 152 g/mol. The third kappa shape index (κ3) is 0.750. The molecular weight excluding hydrogens is 136 g/mol. The Morgan fingerprint density at radius 1 is 1.09 bits per heavy atom. The van der Waals surface area contributed by atoms with E-state index in [1.807, 2.05) is 0 Å². The minimum Gasteiger partial charge on any atom is -0.385 e. The fourth-order valence-electron chi connectivity index (χ4n) is 2.79. The molecule has 2 fully saturated rings. The highest BCUT2D eigenvalue weighted by atomic mass is 16.3. The number of rotatable bonds is 1. The van der Waals surface area contributed by atoms with Crippen LogP contribution in [0, 0.1) is 5.41 Å². The Morgan fingerprint density at radius 3 is 2.09 bits per heavy atom. The van der Waals surface area contributed by atoms with E-state index < -0.39 is 5.60 Å². The molecule has 0 saturated heterocycles. The van der Waals surface area contributed by atoms with Crippen LogP contribution in [0.3, 0.4) is 0 Å². The van der Waals surface area contributed by atoms with Crippen molar-refractivity contribution in [2.45, 2.75) is 44.1 Å². The summed E-state index contributed by atoms with van der Waals surface area (Å²) in [6, 6.07) is 0. The van der Waals surface area contributed by atoms with Gasteiger partial charge < -0.3 is 5.11 Å². The van der Waals surface area contributed by atoms with E-state index in [-0.39, 0.29) is 5.41 Å². The molecule has 2 saturated carbocycles. The first-order valence-electron chi connectivity index (χ1n) is 4.58. The molecule has 1 spiro atoms. The van der Waals surface area contributed by atoms with Crippen LogP contribution in [0.4, 0.5) is 0 Å². The van der Waals surface area contributed by atoms with Crippen LogP contribution in [-0.4, -0.2) is 10.7 Å². The lowest BCUT2D eigenvalue weighted by molar-refractivity contribution is -0.126. The molecule has 0 aromatic carbocycles. The highest BCUT2D eigenvalue weighted by Gasteiger charge is 2.56. The van der Waals surface area contributed by atoms with Crippen LogP contribution in [-0.2, 0) is 0 Å². The summed E-state index contributed by atoms with van der Waals surface area (Å²) in [5.41, 5.74) is -0.238. The van der Waals surface area contributed by atoms with E-state index in [1.54, 1.807) is 6.08 Å². The van der Waals surface area contributed by atoms with Crippen molar-refractivity contribution in [3.8, 4) is 0 Å². The SMILES string of the molecule is C=CC1(O)CCC12CCCC2. The lowest BCUT2D eigenvalue weighted by Gasteiger charge is -2.53. The van der Waals surface area contributed by atoms with Crippen molar-refractivity contribution in [2.24, 2.45) is 5.41 Å². The molecule has 0 aromatic rings.